The predicted molar refractivity (Wildman–Crippen MR) is 362 cm³/mol. The van der Waals surface area contributed by atoms with Crippen LogP contribution in [0.25, 0.3) is 0 Å². The third kappa shape index (κ3) is 40.4. The Morgan fingerprint density at radius 1 is 0.460 bits per heavy atom. The molecule has 2 aliphatic heterocycles. The highest BCUT2D eigenvalue weighted by Crippen LogP contribution is 2.27. The van der Waals surface area contributed by atoms with Gasteiger partial charge in [-0.3, -0.25) is 19.2 Å². The van der Waals surface area contributed by atoms with E-state index >= 15 is 0 Å². The highest BCUT2D eigenvalue weighted by molar-refractivity contribution is 8.76. The first-order valence-corrected chi connectivity index (χ1v) is 37.0. The van der Waals surface area contributed by atoms with E-state index in [9.17, 15) is 19.2 Å². The largest absolute Gasteiger partial charge is 0.465 e. The summed E-state index contributed by atoms with van der Waals surface area (Å²) in [4.78, 5) is 55.7. The van der Waals surface area contributed by atoms with Crippen molar-refractivity contribution in [3.05, 3.63) is 96.1 Å². The minimum Gasteiger partial charge on any atom is -0.465 e. The molecule has 0 radical (unpaired) electrons. The zero-order chi connectivity index (χ0) is 61.9. The first-order chi connectivity index (χ1) is 42.7. The Bertz CT molecular complexity index is 2110. The first kappa shape index (κ1) is 75.5. The summed E-state index contributed by atoms with van der Waals surface area (Å²) in [5, 5.41) is 0. The van der Waals surface area contributed by atoms with Crippen molar-refractivity contribution in [2.75, 3.05) is 77.2 Å². The second kappa shape index (κ2) is 51.8. The summed E-state index contributed by atoms with van der Waals surface area (Å²) in [5.74, 6) is 3.47. The Morgan fingerprint density at radius 3 is 1.29 bits per heavy atom. The number of allylic oxidation sites excluding steroid dienone is 6. The molecule has 87 heavy (non-hydrogen) atoms. The molecule has 490 valence electrons. The standard InChI is InChI=1S/C73H116N2O10S2/c1-4-7-10-13-16-17-18-19-20-21-22-23-24-25-28-32-69(76)84-67-39-35-65(36-40-67)61-71(78)80-57-47-63-43-49-74(50-44-63)53-59-86-87-60-54-75-51-45-64(46-52-75)48-58-81-72(79)62-66-37-41-68(42-38-66)85-70(77)33-31-34-73(82-55-29-26-14-11-8-5-2)83-56-30-27-15-12-9-6-3/h8-9,11-12,19-20,35-42,63-64,73H,4-7,10,13-18,21-34,43-62H2,1-3H3/b11-8-,12-9-,20-19-. The van der Waals surface area contributed by atoms with Crippen LogP contribution in [0.1, 0.15) is 231 Å². The maximum Gasteiger partial charge on any atom is 0.311 e. The second-order valence-corrected chi connectivity index (χ2v) is 26.7. The van der Waals surface area contributed by atoms with Crippen molar-refractivity contribution in [1.82, 2.24) is 9.80 Å². The molecule has 0 N–H and O–H groups in total. The zero-order valence-corrected chi connectivity index (χ0v) is 56.1. The third-order valence-corrected chi connectivity index (χ3v) is 18.8. The lowest BCUT2D eigenvalue weighted by atomic mass is 9.94. The number of nitrogens with zero attached hydrogens (tertiary/aromatic N) is 2. The van der Waals surface area contributed by atoms with Gasteiger partial charge in [0.25, 0.3) is 0 Å². The van der Waals surface area contributed by atoms with Gasteiger partial charge >= 0.3 is 23.9 Å². The normalized spacial score (nSPS) is 14.7. The Kier molecular flexibility index (Phi) is 45.0. The van der Waals surface area contributed by atoms with E-state index < -0.39 is 0 Å². The third-order valence-electron chi connectivity index (χ3n) is 16.5. The molecule has 2 saturated heterocycles. The van der Waals surface area contributed by atoms with Crippen LogP contribution in [0, 0.1) is 11.8 Å². The van der Waals surface area contributed by atoms with Gasteiger partial charge in [0.1, 0.15) is 11.5 Å². The Balaban J connectivity index is 0.923. The lowest BCUT2D eigenvalue weighted by Crippen LogP contribution is -2.36. The number of likely N-dealkylation sites (tertiary alicyclic amines) is 2. The van der Waals surface area contributed by atoms with E-state index in [4.69, 9.17) is 28.4 Å². The smallest absolute Gasteiger partial charge is 0.311 e. The van der Waals surface area contributed by atoms with Gasteiger partial charge in [0.2, 0.25) is 0 Å². The summed E-state index contributed by atoms with van der Waals surface area (Å²) < 4.78 is 34.7. The van der Waals surface area contributed by atoms with Crippen molar-refractivity contribution in [1.29, 1.82) is 0 Å². The van der Waals surface area contributed by atoms with Gasteiger partial charge in [0.05, 0.1) is 26.1 Å². The van der Waals surface area contributed by atoms with Crippen LogP contribution in [0.3, 0.4) is 0 Å². The predicted octanol–water partition coefficient (Wildman–Crippen LogP) is 17.8. The number of unbranched alkanes of at least 4 members (excludes halogenated alkanes) is 15. The lowest BCUT2D eigenvalue weighted by Gasteiger charge is -2.32. The van der Waals surface area contributed by atoms with Crippen molar-refractivity contribution in [2.24, 2.45) is 11.8 Å². The summed E-state index contributed by atoms with van der Waals surface area (Å²) in [6, 6.07) is 14.4. The molecule has 0 saturated carbocycles. The Hall–Kier alpha value is -3.92. The number of esters is 4. The van der Waals surface area contributed by atoms with Gasteiger partial charge < -0.3 is 38.2 Å². The molecule has 14 heteroatoms. The SMILES string of the molecule is CC/C=C\CCCCOC(CCCC(=O)Oc1ccc(CC(=O)OCCC2CCN(CCSSCCN3CCC(CCOC(=O)Cc4ccc(OC(=O)CCCCCCC/C=C\CCCCCCCC)cc4)CC3)CC2)cc1)OCCCC/C=C\CC. The van der Waals surface area contributed by atoms with Gasteiger partial charge in [-0.05, 0) is 208 Å². The van der Waals surface area contributed by atoms with Crippen LogP contribution in [0.5, 0.6) is 11.5 Å². The molecule has 4 rings (SSSR count). The fourth-order valence-electron chi connectivity index (χ4n) is 11.0. The lowest BCUT2D eigenvalue weighted by molar-refractivity contribution is -0.149. The monoisotopic (exact) mass is 1240 g/mol. The van der Waals surface area contributed by atoms with Crippen molar-refractivity contribution in [2.45, 2.75) is 239 Å². The zero-order valence-electron chi connectivity index (χ0n) is 54.4. The minimum atomic E-state index is -0.323. The minimum absolute atomic E-state index is 0.189. The quantitative estimate of drug-likeness (QED) is 0.0155. The van der Waals surface area contributed by atoms with Crippen molar-refractivity contribution >= 4 is 45.5 Å². The molecule has 2 aromatic rings. The van der Waals surface area contributed by atoms with E-state index in [2.05, 4.69) is 67.0 Å². The van der Waals surface area contributed by atoms with E-state index in [0.29, 0.717) is 69.0 Å². The molecule has 2 aliphatic rings. The fourth-order valence-corrected chi connectivity index (χ4v) is 13.0. The summed E-state index contributed by atoms with van der Waals surface area (Å²) >= 11 is 0. The molecule has 0 aliphatic carbocycles. The van der Waals surface area contributed by atoms with Crippen LogP contribution < -0.4 is 9.47 Å². The van der Waals surface area contributed by atoms with Crippen LogP contribution in [0.4, 0.5) is 0 Å². The van der Waals surface area contributed by atoms with Crippen LogP contribution in [0.2, 0.25) is 0 Å². The van der Waals surface area contributed by atoms with E-state index in [0.717, 1.165) is 177 Å². The maximum atomic E-state index is 12.7. The van der Waals surface area contributed by atoms with E-state index in [-0.39, 0.29) is 49.4 Å². The van der Waals surface area contributed by atoms with Crippen LogP contribution in [-0.2, 0) is 51.0 Å². The van der Waals surface area contributed by atoms with Crippen molar-refractivity contribution < 1.29 is 47.6 Å². The summed E-state index contributed by atoms with van der Waals surface area (Å²) in [5.41, 5.74) is 1.69. The number of piperidine rings is 2. The first-order valence-electron chi connectivity index (χ1n) is 34.5. The van der Waals surface area contributed by atoms with Crippen LogP contribution in [-0.4, -0.2) is 117 Å². The van der Waals surface area contributed by atoms with Gasteiger partial charge in [-0.1, -0.05) is 154 Å². The average Bonchev–Trinajstić information content (AvgIpc) is 3.69. The molecule has 2 aromatic carbocycles. The molecule has 0 aromatic heterocycles. The Morgan fingerprint density at radius 2 is 0.851 bits per heavy atom. The molecular weight excluding hydrogens is 1130 g/mol. The molecule has 0 unspecified atom stereocenters. The molecular formula is C73H116N2O10S2. The second-order valence-electron chi connectivity index (χ2n) is 24.0. The van der Waals surface area contributed by atoms with E-state index in [1.165, 1.54) is 57.8 Å². The van der Waals surface area contributed by atoms with Gasteiger partial charge in [-0.25, -0.2) is 0 Å². The highest BCUT2D eigenvalue weighted by atomic mass is 33.1. The van der Waals surface area contributed by atoms with Gasteiger partial charge in [0.15, 0.2) is 6.29 Å². The van der Waals surface area contributed by atoms with Crippen LogP contribution in [0.15, 0.2) is 85.0 Å². The molecule has 12 nitrogen and oxygen atoms in total. The molecule has 2 heterocycles. The molecule has 0 bridgehead atoms. The molecule has 2 fully saturated rings. The number of rotatable bonds is 52. The average molecular weight is 1250 g/mol. The molecule has 0 spiro atoms. The summed E-state index contributed by atoms with van der Waals surface area (Å²) in [7, 11) is 3.97. The number of hydrogen-bond acceptors (Lipinski definition) is 14. The summed E-state index contributed by atoms with van der Waals surface area (Å²) in [6.07, 6.45) is 46.3. The van der Waals surface area contributed by atoms with Crippen molar-refractivity contribution in [3.8, 4) is 11.5 Å². The Labute approximate surface area is 535 Å². The number of benzene rings is 2. The van der Waals surface area contributed by atoms with Gasteiger partial charge in [-0.2, -0.15) is 0 Å². The number of carbonyl (C=O) groups excluding carboxylic acids is 4. The number of hydrogen-bond donors (Lipinski definition) is 0. The topological polar surface area (TPSA) is 130 Å². The van der Waals surface area contributed by atoms with E-state index in [1.54, 1.807) is 24.3 Å². The van der Waals surface area contributed by atoms with Gasteiger partial charge in [-0.15, -0.1) is 0 Å². The van der Waals surface area contributed by atoms with Gasteiger partial charge in [0, 0.05) is 50.7 Å². The number of carbonyl (C=O) groups is 4. The molecule has 0 amide bonds. The summed E-state index contributed by atoms with van der Waals surface area (Å²) in [6.45, 7) is 15.4. The maximum absolute atomic E-state index is 12.7. The number of ether oxygens (including phenoxy) is 6. The van der Waals surface area contributed by atoms with E-state index in [1.807, 2.05) is 45.9 Å². The molecule has 0 atom stereocenters. The van der Waals surface area contributed by atoms with Crippen LogP contribution >= 0.6 is 21.6 Å². The highest BCUT2D eigenvalue weighted by Gasteiger charge is 2.22. The van der Waals surface area contributed by atoms with Crippen molar-refractivity contribution in [3.63, 3.8) is 0 Å². The fraction of sp³-hybridized carbons (Fsp3) is 0.699.